The number of esters is 1. The van der Waals surface area contributed by atoms with Crippen LogP contribution in [0.25, 0.3) is 0 Å². The van der Waals surface area contributed by atoms with Gasteiger partial charge in [-0.15, -0.1) is 22.7 Å². The molecule has 2 saturated carbocycles. The Labute approximate surface area is 394 Å². The number of carbonyl (C=O) groups excluding carboxylic acids is 5. The zero-order chi connectivity index (χ0) is 48.7. The number of methoxy groups -OCH3 is 3. The topological polar surface area (TPSA) is 163 Å². The molecule has 65 heavy (non-hydrogen) atoms. The SMILES string of the molecule is COCC(C(=O)N(C)C)N(C(=O)C1CCC(C)CC1)c1cc(C#CC(C)C)sc1C(=O)O.COCC(C(=O)N(C)C)N(C(=O)C1CCC(C)CC1)c1cc(C#CC(C)C)sc1C(=O)OC. The Morgan fingerprint density at radius 3 is 1.29 bits per heavy atom. The number of carboxylic acid groups (broad SMARTS) is 1. The molecule has 2 unspecified atom stereocenters. The number of rotatable bonds is 14. The maximum Gasteiger partial charge on any atom is 0.350 e. The van der Waals surface area contributed by atoms with E-state index in [1.165, 1.54) is 52.3 Å². The largest absolute Gasteiger partial charge is 0.477 e. The summed E-state index contributed by atoms with van der Waals surface area (Å²) in [6.45, 7) is 12.2. The van der Waals surface area contributed by atoms with Crippen molar-refractivity contribution in [3.63, 3.8) is 0 Å². The number of carboxylic acids is 1. The van der Waals surface area contributed by atoms with Gasteiger partial charge in [0, 0.05) is 66.1 Å². The predicted molar refractivity (Wildman–Crippen MR) is 256 cm³/mol. The standard InChI is InChI=1S/C25H36N2O5S.C24H34N2O5S/c1-16(2)8-13-19-14-20(22(33-19)25(30)32-7)27(21(15-31-6)24(29)26(4)5)23(28)18-11-9-17(3)10-12-18;1-15(2)7-12-18-13-19(21(32-18)24(29)30)26(20(14-31-6)23(28)25(4)5)22(27)17-10-8-16(3)9-11-17/h14,16-18,21H,9-12,15H2,1-7H3;13,15-17,20H,8-11,14H2,1-6H3,(H,29,30). The van der Waals surface area contributed by atoms with Crippen molar-refractivity contribution in [2.75, 3.05) is 72.5 Å². The molecule has 0 aliphatic heterocycles. The summed E-state index contributed by atoms with van der Waals surface area (Å²) in [5, 5.41) is 9.89. The van der Waals surface area contributed by atoms with Crippen molar-refractivity contribution < 1.29 is 48.1 Å². The Hall–Kier alpha value is -4.74. The summed E-state index contributed by atoms with van der Waals surface area (Å²) < 4.78 is 15.7. The van der Waals surface area contributed by atoms with Gasteiger partial charge in [0.15, 0.2) is 0 Å². The number of hydrogen-bond acceptors (Lipinski definition) is 11. The van der Waals surface area contributed by atoms with Crippen molar-refractivity contribution in [1.29, 1.82) is 0 Å². The lowest BCUT2D eigenvalue weighted by Crippen LogP contribution is -2.54. The second-order valence-electron chi connectivity index (χ2n) is 18.0. The molecule has 358 valence electrons. The van der Waals surface area contributed by atoms with E-state index in [1.54, 1.807) is 40.3 Å². The van der Waals surface area contributed by atoms with Crippen molar-refractivity contribution in [3.05, 3.63) is 31.6 Å². The van der Waals surface area contributed by atoms with Gasteiger partial charge in [-0.1, -0.05) is 65.2 Å². The number of amides is 4. The fourth-order valence-corrected chi connectivity index (χ4v) is 9.56. The van der Waals surface area contributed by atoms with Crippen LogP contribution in [0.1, 0.15) is 122 Å². The number of aromatic carboxylic acids is 1. The Bertz CT molecular complexity index is 2090. The molecule has 1 N–H and O–H groups in total. The smallest absolute Gasteiger partial charge is 0.350 e. The maximum atomic E-state index is 13.9. The van der Waals surface area contributed by atoms with E-state index in [0.717, 1.165) is 62.7 Å². The Balaban J connectivity index is 0.000000345. The average Bonchev–Trinajstić information content (AvgIpc) is 3.89. The average molecular weight is 939 g/mol. The molecule has 0 aromatic carbocycles. The van der Waals surface area contributed by atoms with Gasteiger partial charge in [-0.3, -0.25) is 29.0 Å². The predicted octanol–water partition coefficient (Wildman–Crippen LogP) is 7.52. The second kappa shape index (κ2) is 25.8. The molecule has 0 saturated heterocycles. The Kier molecular flexibility index (Phi) is 21.7. The normalized spacial score (nSPS) is 18.9. The molecule has 4 amide bonds. The van der Waals surface area contributed by atoms with Crippen LogP contribution in [0, 0.1) is 59.2 Å². The van der Waals surface area contributed by atoms with Crippen LogP contribution >= 0.6 is 22.7 Å². The zero-order valence-electron chi connectivity index (χ0n) is 40.6. The number of hydrogen-bond donors (Lipinski definition) is 1. The molecule has 0 radical (unpaired) electrons. The highest BCUT2D eigenvalue weighted by molar-refractivity contribution is 7.15. The zero-order valence-corrected chi connectivity index (χ0v) is 42.2. The van der Waals surface area contributed by atoms with Gasteiger partial charge >= 0.3 is 11.9 Å². The molecule has 2 aromatic rings. The van der Waals surface area contributed by atoms with E-state index in [0.29, 0.717) is 27.3 Å². The van der Waals surface area contributed by atoms with Gasteiger partial charge in [-0.25, -0.2) is 9.59 Å². The lowest BCUT2D eigenvalue weighted by Gasteiger charge is -2.36. The summed E-state index contributed by atoms with van der Waals surface area (Å²) in [7, 11) is 10.8. The van der Waals surface area contributed by atoms with Crippen LogP contribution in [0.15, 0.2) is 12.1 Å². The van der Waals surface area contributed by atoms with Crippen molar-refractivity contribution in [3.8, 4) is 23.7 Å². The fourth-order valence-electron chi connectivity index (χ4n) is 7.78. The number of carbonyl (C=O) groups is 6. The summed E-state index contributed by atoms with van der Waals surface area (Å²) in [6.07, 6.45) is 6.73. The lowest BCUT2D eigenvalue weighted by atomic mass is 9.82. The third kappa shape index (κ3) is 15.1. The third-order valence-electron chi connectivity index (χ3n) is 11.4. The Morgan fingerprint density at radius 1 is 0.631 bits per heavy atom. The summed E-state index contributed by atoms with van der Waals surface area (Å²) in [6, 6.07) is 1.49. The Morgan fingerprint density at radius 2 is 0.985 bits per heavy atom. The molecule has 2 fully saturated rings. The first kappa shape index (κ1) is 54.6. The highest BCUT2D eigenvalue weighted by atomic mass is 32.1. The van der Waals surface area contributed by atoms with Crippen LogP contribution in [0.5, 0.6) is 0 Å². The minimum Gasteiger partial charge on any atom is -0.477 e. The number of ether oxygens (including phenoxy) is 3. The first-order valence-electron chi connectivity index (χ1n) is 22.4. The molecule has 2 aliphatic rings. The number of likely N-dealkylation sites (N-methyl/N-ethyl adjacent to an activating group) is 2. The summed E-state index contributed by atoms with van der Waals surface area (Å²) in [4.78, 5) is 85.8. The van der Waals surface area contributed by atoms with Gasteiger partial charge in [0.1, 0.15) is 21.8 Å². The lowest BCUT2D eigenvalue weighted by molar-refractivity contribution is -0.135. The van der Waals surface area contributed by atoms with E-state index < -0.39 is 24.0 Å². The molecule has 4 rings (SSSR count). The molecule has 2 heterocycles. The summed E-state index contributed by atoms with van der Waals surface area (Å²) >= 11 is 2.20. The van der Waals surface area contributed by atoms with Gasteiger partial charge in [0.2, 0.25) is 23.6 Å². The minimum atomic E-state index is -1.15. The van der Waals surface area contributed by atoms with Crippen molar-refractivity contribution in [2.45, 2.75) is 105 Å². The second-order valence-corrected chi connectivity index (χ2v) is 20.1. The van der Waals surface area contributed by atoms with E-state index in [2.05, 4.69) is 37.5 Å². The third-order valence-corrected chi connectivity index (χ3v) is 13.5. The van der Waals surface area contributed by atoms with Crippen LogP contribution in [0.4, 0.5) is 11.4 Å². The highest BCUT2D eigenvalue weighted by Crippen LogP contribution is 2.38. The van der Waals surface area contributed by atoms with Gasteiger partial charge in [0.05, 0.1) is 41.5 Å². The van der Waals surface area contributed by atoms with E-state index in [-0.39, 0.29) is 76.0 Å². The van der Waals surface area contributed by atoms with Crippen LogP contribution in [0.3, 0.4) is 0 Å². The number of thiophene rings is 2. The molecule has 16 heteroatoms. The molecule has 0 spiro atoms. The van der Waals surface area contributed by atoms with Crippen LogP contribution in [-0.2, 0) is 33.4 Å². The molecular weight excluding hydrogens is 869 g/mol. The molecule has 2 aliphatic carbocycles. The first-order chi connectivity index (χ1) is 30.7. The van der Waals surface area contributed by atoms with Gasteiger partial charge in [-0.05, 0) is 75.3 Å². The van der Waals surface area contributed by atoms with Gasteiger partial charge in [0.25, 0.3) is 0 Å². The van der Waals surface area contributed by atoms with Crippen LogP contribution < -0.4 is 9.80 Å². The number of anilines is 2. The quantitative estimate of drug-likeness (QED) is 0.148. The minimum absolute atomic E-state index is 0.00300. The van der Waals surface area contributed by atoms with E-state index >= 15 is 0 Å². The first-order valence-corrected chi connectivity index (χ1v) is 24.0. The fraction of sp³-hybridized carbons (Fsp3) is 0.633. The molecular formula is C49H70N4O10S2. The van der Waals surface area contributed by atoms with Crippen LogP contribution in [0.2, 0.25) is 0 Å². The van der Waals surface area contributed by atoms with Gasteiger partial charge < -0.3 is 29.1 Å². The molecule has 2 aromatic heterocycles. The number of nitrogens with zero attached hydrogens (tertiary/aromatic N) is 4. The van der Waals surface area contributed by atoms with Crippen molar-refractivity contribution >= 4 is 69.6 Å². The van der Waals surface area contributed by atoms with E-state index in [9.17, 15) is 33.9 Å². The summed E-state index contributed by atoms with van der Waals surface area (Å²) in [5.41, 5.74) is 0.581. The van der Waals surface area contributed by atoms with E-state index in [1.807, 2.05) is 27.7 Å². The van der Waals surface area contributed by atoms with Crippen molar-refractivity contribution in [2.24, 2.45) is 35.5 Å². The van der Waals surface area contributed by atoms with E-state index in [4.69, 9.17) is 14.2 Å². The molecule has 0 bridgehead atoms. The van der Waals surface area contributed by atoms with Crippen LogP contribution in [-0.4, -0.2) is 125 Å². The summed E-state index contributed by atoms with van der Waals surface area (Å²) in [5.74, 6) is 10.5. The van der Waals surface area contributed by atoms with Crippen molar-refractivity contribution in [1.82, 2.24) is 9.80 Å². The van der Waals surface area contributed by atoms with Gasteiger partial charge in [-0.2, -0.15) is 0 Å². The maximum absolute atomic E-state index is 13.9. The molecule has 14 nitrogen and oxygen atoms in total. The highest BCUT2D eigenvalue weighted by Gasteiger charge is 2.41. The monoisotopic (exact) mass is 938 g/mol. The molecule has 2 atom stereocenters.